The van der Waals surface area contributed by atoms with Crippen LogP contribution in [0, 0.1) is 0 Å². The van der Waals surface area contributed by atoms with Crippen LogP contribution in [-0.2, 0) is 6.42 Å². The molecule has 0 radical (unpaired) electrons. The molecule has 0 saturated carbocycles. The predicted octanol–water partition coefficient (Wildman–Crippen LogP) is 3.55. The van der Waals surface area contributed by atoms with Gasteiger partial charge in [-0.1, -0.05) is 24.3 Å². The van der Waals surface area contributed by atoms with Crippen LogP contribution in [0.4, 0.5) is 0 Å². The zero-order valence-corrected chi connectivity index (χ0v) is 14.2. The number of methoxy groups -OCH3 is 2. The third kappa shape index (κ3) is 3.37. The molecule has 1 N–H and O–H groups in total. The van der Waals surface area contributed by atoms with Crippen LogP contribution in [0.25, 0.3) is 0 Å². The van der Waals surface area contributed by atoms with E-state index >= 15 is 0 Å². The molecule has 1 amide bonds. The summed E-state index contributed by atoms with van der Waals surface area (Å²) in [6, 6.07) is 13.8. The van der Waals surface area contributed by atoms with Crippen LogP contribution in [-0.4, -0.2) is 26.7 Å². The number of hydrogen-bond acceptors (Lipinski definition) is 3. The summed E-state index contributed by atoms with van der Waals surface area (Å²) in [5, 5.41) is 3.06. The van der Waals surface area contributed by atoms with Crippen molar-refractivity contribution in [2.24, 2.45) is 0 Å². The standard InChI is InChI=1S/C20H23NO3/c1-23-16-10-11-18(19(12-16)24-2)20(22)21-13-15-8-5-7-14-6-3-4-9-17(14)15/h3-4,6,9-12,15H,5,7-8,13H2,1-2H3,(H,21,22). The summed E-state index contributed by atoms with van der Waals surface area (Å²) in [6.45, 7) is 0.644. The largest absolute Gasteiger partial charge is 0.497 e. The number of rotatable bonds is 5. The molecule has 126 valence electrons. The molecule has 1 atom stereocenters. The van der Waals surface area contributed by atoms with E-state index in [9.17, 15) is 4.79 Å². The Hall–Kier alpha value is -2.49. The van der Waals surface area contributed by atoms with Gasteiger partial charge in [0.2, 0.25) is 0 Å². The fourth-order valence-electron chi connectivity index (χ4n) is 3.36. The fraction of sp³-hybridized carbons (Fsp3) is 0.350. The van der Waals surface area contributed by atoms with Crippen LogP contribution >= 0.6 is 0 Å². The summed E-state index contributed by atoms with van der Waals surface area (Å²) in [5.74, 6) is 1.46. The Bertz CT molecular complexity index is 727. The normalized spacial score (nSPS) is 16.2. The molecule has 4 heteroatoms. The van der Waals surface area contributed by atoms with Crippen LogP contribution < -0.4 is 14.8 Å². The smallest absolute Gasteiger partial charge is 0.255 e. The topological polar surface area (TPSA) is 47.6 Å². The Kier molecular flexibility index (Phi) is 5.04. The second-order valence-corrected chi connectivity index (χ2v) is 6.06. The van der Waals surface area contributed by atoms with Crippen molar-refractivity contribution >= 4 is 5.91 Å². The maximum Gasteiger partial charge on any atom is 0.255 e. The van der Waals surface area contributed by atoms with Crippen LogP contribution in [0.3, 0.4) is 0 Å². The quantitative estimate of drug-likeness (QED) is 0.914. The average Bonchev–Trinajstić information content (AvgIpc) is 2.65. The fourth-order valence-corrected chi connectivity index (χ4v) is 3.36. The highest BCUT2D eigenvalue weighted by molar-refractivity contribution is 5.97. The van der Waals surface area contributed by atoms with Crippen LogP contribution in [0.2, 0.25) is 0 Å². The highest BCUT2D eigenvalue weighted by atomic mass is 16.5. The molecule has 0 heterocycles. The van der Waals surface area contributed by atoms with Crippen molar-refractivity contribution < 1.29 is 14.3 Å². The monoisotopic (exact) mass is 325 g/mol. The molecule has 0 saturated heterocycles. The maximum atomic E-state index is 12.5. The summed E-state index contributed by atoms with van der Waals surface area (Å²) in [4.78, 5) is 12.5. The first-order valence-electron chi connectivity index (χ1n) is 8.31. The van der Waals surface area contributed by atoms with Gasteiger partial charge >= 0.3 is 0 Å². The minimum atomic E-state index is -0.113. The Morgan fingerprint density at radius 3 is 2.79 bits per heavy atom. The molecule has 4 nitrogen and oxygen atoms in total. The van der Waals surface area contributed by atoms with Gasteiger partial charge < -0.3 is 14.8 Å². The molecular weight excluding hydrogens is 302 g/mol. The Morgan fingerprint density at radius 2 is 2.00 bits per heavy atom. The maximum absolute atomic E-state index is 12.5. The van der Waals surface area contributed by atoms with E-state index in [-0.39, 0.29) is 5.91 Å². The first-order chi connectivity index (χ1) is 11.7. The van der Waals surface area contributed by atoms with Crippen molar-refractivity contribution in [1.82, 2.24) is 5.32 Å². The van der Waals surface area contributed by atoms with E-state index < -0.39 is 0 Å². The second-order valence-electron chi connectivity index (χ2n) is 6.06. The number of nitrogens with one attached hydrogen (secondary N) is 1. The summed E-state index contributed by atoms with van der Waals surface area (Å²) in [7, 11) is 3.15. The molecule has 1 aliphatic rings. The van der Waals surface area contributed by atoms with Crippen molar-refractivity contribution in [1.29, 1.82) is 0 Å². The Labute approximate surface area is 142 Å². The Morgan fingerprint density at radius 1 is 1.17 bits per heavy atom. The van der Waals surface area contributed by atoms with Crippen molar-refractivity contribution in [3.63, 3.8) is 0 Å². The first kappa shape index (κ1) is 16.4. The van der Waals surface area contributed by atoms with Crippen molar-refractivity contribution in [2.45, 2.75) is 25.2 Å². The predicted molar refractivity (Wildman–Crippen MR) is 94.0 cm³/mol. The van der Waals surface area contributed by atoms with Crippen LogP contribution in [0.15, 0.2) is 42.5 Å². The number of carbonyl (C=O) groups is 1. The number of fused-ring (bicyclic) bond motifs is 1. The van der Waals surface area contributed by atoms with Crippen molar-refractivity contribution in [3.8, 4) is 11.5 Å². The molecule has 0 spiro atoms. The lowest BCUT2D eigenvalue weighted by Gasteiger charge is -2.25. The van der Waals surface area contributed by atoms with Gasteiger partial charge in [0.05, 0.1) is 19.8 Å². The van der Waals surface area contributed by atoms with Gasteiger partial charge in [0.1, 0.15) is 11.5 Å². The minimum absolute atomic E-state index is 0.113. The van der Waals surface area contributed by atoms with Crippen molar-refractivity contribution in [2.75, 3.05) is 20.8 Å². The van der Waals surface area contributed by atoms with E-state index in [0.717, 1.165) is 12.8 Å². The molecule has 0 aliphatic heterocycles. The molecule has 0 aromatic heterocycles. The lowest BCUT2D eigenvalue weighted by molar-refractivity contribution is 0.0947. The second kappa shape index (κ2) is 7.39. The summed E-state index contributed by atoms with van der Waals surface area (Å²) >= 11 is 0. The van der Waals surface area contributed by atoms with Gasteiger partial charge in [-0.3, -0.25) is 4.79 Å². The van der Waals surface area contributed by atoms with Gasteiger partial charge in [0.25, 0.3) is 5.91 Å². The number of ether oxygens (including phenoxy) is 2. The number of carbonyl (C=O) groups excluding carboxylic acids is 1. The zero-order valence-electron chi connectivity index (χ0n) is 14.2. The lowest BCUT2D eigenvalue weighted by Crippen LogP contribution is -2.30. The van der Waals surface area contributed by atoms with Crippen LogP contribution in [0.5, 0.6) is 11.5 Å². The van der Waals surface area contributed by atoms with Gasteiger partial charge in [-0.25, -0.2) is 0 Å². The molecule has 2 aromatic rings. The summed E-state index contributed by atoms with van der Waals surface area (Å²) in [6.07, 6.45) is 3.41. The highest BCUT2D eigenvalue weighted by Gasteiger charge is 2.21. The van der Waals surface area contributed by atoms with Crippen molar-refractivity contribution in [3.05, 3.63) is 59.2 Å². The van der Waals surface area contributed by atoms with Crippen LogP contribution in [0.1, 0.15) is 40.2 Å². The lowest BCUT2D eigenvalue weighted by atomic mass is 9.83. The molecule has 3 rings (SSSR count). The Balaban J connectivity index is 1.71. The molecule has 2 aromatic carbocycles. The van der Waals surface area contributed by atoms with E-state index in [4.69, 9.17) is 9.47 Å². The summed E-state index contributed by atoms with van der Waals surface area (Å²) < 4.78 is 10.5. The number of aryl methyl sites for hydroxylation is 1. The number of hydrogen-bond donors (Lipinski definition) is 1. The number of amides is 1. The van der Waals surface area contributed by atoms with Gasteiger partial charge in [-0.2, -0.15) is 0 Å². The average molecular weight is 325 g/mol. The molecule has 0 fully saturated rings. The van der Waals surface area contributed by atoms with E-state index in [0.29, 0.717) is 29.5 Å². The zero-order chi connectivity index (χ0) is 16.9. The molecule has 24 heavy (non-hydrogen) atoms. The molecular formula is C20H23NO3. The molecule has 1 aliphatic carbocycles. The van der Waals surface area contributed by atoms with E-state index in [1.165, 1.54) is 17.5 Å². The SMILES string of the molecule is COc1ccc(C(=O)NCC2CCCc3ccccc32)c(OC)c1. The van der Waals surface area contributed by atoms with Gasteiger partial charge in [-0.15, -0.1) is 0 Å². The molecule has 1 unspecified atom stereocenters. The molecule has 0 bridgehead atoms. The van der Waals surface area contributed by atoms with Gasteiger partial charge in [0.15, 0.2) is 0 Å². The van der Waals surface area contributed by atoms with Gasteiger partial charge in [0, 0.05) is 18.5 Å². The van der Waals surface area contributed by atoms with Gasteiger partial charge in [-0.05, 0) is 42.5 Å². The van der Waals surface area contributed by atoms with E-state index in [1.54, 1.807) is 32.4 Å². The van der Waals surface area contributed by atoms with E-state index in [1.807, 2.05) is 0 Å². The summed E-state index contributed by atoms with van der Waals surface area (Å²) in [5.41, 5.74) is 3.30. The first-order valence-corrected chi connectivity index (χ1v) is 8.31. The third-order valence-corrected chi connectivity index (χ3v) is 4.66. The minimum Gasteiger partial charge on any atom is -0.497 e. The van der Waals surface area contributed by atoms with E-state index in [2.05, 4.69) is 29.6 Å². The number of benzene rings is 2. The third-order valence-electron chi connectivity index (χ3n) is 4.66. The highest BCUT2D eigenvalue weighted by Crippen LogP contribution is 2.31.